The van der Waals surface area contributed by atoms with Crippen LogP contribution in [0.15, 0.2) is 40.9 Å². The highest BCUT2D eigenvalue weighted by Crippen LogP contribution is 2.34. The molecule has 0 heterocycles. The maximum absolute atomic E-state index is 13.0. The molecule has 0 fully saturated rings. The molecule has 0 unspecified atom stereocenters. The zero-order valence-corrected chi connectivity index (χ0v) is 13.3. The third kappa shape index (κ3) is 3.95. The maximum atomic E-state index is 13.0. The first-order valence-corrected chi connectivity index (χ1v) is 7.39. The number of ether oxygens (including phenoxy) is 1. The molecule has 2 aromatic carbocycles. The molecule has 0 amide bonds. The number of rotatable bonds is 5. The fourth-order valence-corrected chi connectivity index (χ4v) is 2.40. The Kier molecular flexibility index (Phi) is 5.40. The second-order valence-corrected chi connectivity index (χ2v) is 5.48. The van der Waals surface area contributed by atoms with Crippen LogP contribution in [0.25, 0.3) is 0 Å². The lowest BCUT2D eigenvalue weighted by molar-refractivity contribution is 0.477. The van der Waals surface area contributed by atoms with E-state index in [1.807, 2.05) is 18.2 Å². The second kappa shape index (κ2) is 7.07. The van der Waals surface area contributed by atoms with Crippen molar-refractivity contribution in [1.29, 1.82) is 0 Å². The molecule has 1 N–H and O–H groups in total. The Balaban J connectivity index is 2.17. The van der Waals surface area contributed by atoms with Crippen LogP contribution in [0.5, 0.6) is 11.5 Å². The summed E-state index contributed by atoms with van der Waals surface area (Å²) >= 11 is 9.41. The molecule has 0 aliphatic carbocycles. The van der Waals surface area contributed by atoms with Gasteiger partial charge < -0.3 is 10.1 Å². The first kappa shape index (κ1) is 15.3. The van der Waals surface area contributed by atoms with Gasteiger partial charge in [0, 0.05) is 6.54 Å². The summed E-state index contributed by atoms with van der Waals surface area (Å²) in [6.07, 6.45) is 0. The van der Waals surface area contributed by atoms with Crippen molar-refractivity contribution in [2.45, 2.75) is 13.5 Å². The molecule has 0 radical (unpaired) electrons. The average Bonchev–Trinajstić information content (AvgIpc) is 2.42. The average molecular weight is 359 g/mol. The van der Waals surface area contributed by atoms with E-state index in [1.165, 1.54) is 18.2 Å². The lowest BCUT2D eigenvalue weighted by Crippen LogP contribution is -2.11. The molecule has 2 nitrogen and oxygen atoms in total. The van der Waals surface area contributed by atoms with Gasteiger partial charge in [-0.05, 0) is 58.4 Å². The fraction of sp³-hybridized carbons (Fsp3) is 0.200. The topological polar surface area (TPSA) is 21.3 Å². The predicted octanol–water partition coefficient (Wildman–Crippen LogP) is 5.14. The Morgan fingerprint density at radius 2 is 1.95 bits per heavy atom. The third-order valence-electron chi connectivity index (χ3n) is 2.69. The normalized spacial score (nSPS) is 10.6. The van der Waals surface area contributed by atoms with Crippen LogP contribution in [0.1, 0.15) is 12.5 Å². The molecule has 0 aliphatic rings. The van der Waals surface area contributed by atoms with E-state index in [-0.39, 0.29) is 10.8 Å². The van der Waals surface area contributed by atoms with Gasteiger partial charge in [-0.25, -0.2) is 4.39 Å². The summed E-state index contributed by atoms with van der Waals surface area (Å²) in [5.41, 5.74) is 1.15. The van der Waals surface area contributed by atoms with Crippen LogP contribution in [0.2, 0.25) is 5.02 Å². The van der Waals surface area contributed by atoms with Gasteiger partial charge in [0.15, 0.2) is 0 Å². The van der Waals surface area contributed by atoms with Gasteiger partial charge in [-0.3, -0.25) is 0 Å². The van der Waals surface area contributed by atoms with Crippen molar-refractivity contribution in [3.63, 3.8) is 0 Å². The smallest absolute Gasteiger partial charge is 0.146 e. The number of benzene rings is 2. The Labute approximate surface area is 131 Å². The van der Waals surface area contributed by atoms with Gasteiger partial charge >= 0.3 is 0 Å². The van der Waals surface area contributed by atoms with Gasteiger partial charge in [-0.15, -0.1) is 0 Å². The highest BCUT2D eigenvalue weighted by molar-refractivity contribution is 9.10. The van der Waals surface area contributed by atoms with E-state index in [1.54, 1.807) is 0 Å². The van der Waals surface area contributed by atoms with Crippen molar-refractivity contribution in [3.8, 4) is 11.5 Å². The van der Waals surface area contributed by atoms with Gasteiger partial charge in [-0.2, -0.15) is 0 Å². The van der Waals surface area contributed by atoms with Crippen molar-refractivity contribution in [1.82, 2.24) is 5.32 Å². The summed E-state index contributed by atoms with van der Waals surface area (Å²) in [5.74, 6) is 0.675. The van der Waals surface area contributed by atoms with Crippen LogP contribution < -0.4 is 10.1 Å². The molecule has 0 aliphatic heterocycles. The van der Waals surface area contributed by atoms with E-state index in [4.69, 9.17) is 16.3 Å². The predicted molar refractivity (Wildman–Crippen MR) is 83.0 cm³/mol. The molecular formula is C15H14BrClFNO. The molecule has 20 heavy (non-hydrogen) atoms. The largest absolute Gasteiger partial charge is 0.455 e. The summed E-state index contributed by atoms with van der Waals surface area (Å²) < 4.78 is 19.5. The summed E-state index contributed by atoms with van der Waals surface area (Å²) in [7, 11) is 0. The summed E-state index contributed by atoms with van der Waals surface area (Å²) in [6.45, 7) is 3.77. The minimum absolute atomic E-state index is 0.244. The van der Waals surface area contributed by atoms with E-state index in [2.05, 4.69) is 28.2 Å². The molecule has 0 saturated carbocycles. The highest BCUT2D eigenvalue weighted by atomic mass is 79.9. The number of hydrogen-bond acceptors (Lipinski definition) is 2. The van der Waals surface area contributed by atoms with Gasteiger partial charge in [0.05, 0.1) is 9.50 Å². The van der Waals surface area contributed by atoms with Crippen LogP contribution in [0, 0.1) is 5.82 Å². The molecule has 2 rings (SSSR count). The van der Waals surface area contributed by atoms with E-state index in [9.17, 15) is 4.39 Å². The number of halogens is 3. The van der Waals surface area contributed by atoms with Crippen LogP contribution in [0.3, 0.4) is 0 Å². The van der Waals surface area contributed by atoms with Gasteiger partial charge in [0.2, 0.25) is 0 Å². The first-order chi connectivity index (χ1) is 9.60. The Morgan fingerprint density at radius 1 is 1.20 bits per heavy atom. The molecule has 0 spiro atoms. The highest BCUT2D eigenvalue weighted by Gasteiger charge is 2.08. The van der Waals surface area contributed by atoms with Gasteiger partial charge in [0.25, 0.3) is 0 Å². The standard InChI is InChI=1S/C15H14BrClFNO/c1-2-19-9-10-3-5-14(12(16)7-10)20-15-6-4-11(18)8-13(15)17/h3-8,19H,2,9H2,1H3. The SMILES string of the molecule is CCNCc1ccc(Oc2ccc(F)cc2Cl)c(Br)c1. The van der Waals surface area contributed by atoms with E-state index < -0.39 is 0 Å². The second-order valence-electron chi connectivity index (χ2n) is 4.22. The molecule has 0 atom stereocenters. The van der Waals surface area contributed by atoms with Crippen LogP contribution in [-0.2, 0) is 6.54 Å². The lowest BCUT2D eigenvalue weighted by atomic mass is 10.2. The van der Waals surface area contributed by atoms with Crippen LogP contribution in [0.4, 0.5) is 4.39 Å². The van der Waals surface area contributed by atoms with Crippen molar-refractivity contribution in [3.05, 3.63) is 57.3 Å². The molecule has 5 heteroatoms. The van der Waals surface area contributed by atoms with E-state index in [0.717, 1.165) is 23.1 Å². The Bertz CT molecular complexity index is 606. The fourth-order valence-electron chi connectivity index (χ4n) is 1.68. The molecule has 0 saturated heterocycles. The minimum Gasteiger partial charge on any atom is -0.455 e. The minimum atomic E-state index is -0.387. The van der Waals surface area contributed by atoms with Crippen molar-refractivity contribution in [2.75, 3.05) is 6.54 Å². The summed E-state index contributed by atoms with van der Waals surface area (Å²) in [4.78, 5) is 0. The van der Waals surface area contributed by atoms with Crippen molar-refractivity contribution >= 4 is 27.5 Å². The summed E-state index contributed by atoms with van der Waals surface area (Å²) in [5, 5.41) is 3.50. The van der Waals surface area contributed by atoms with E-state index in [0.29, 0.717) is 11.5 Å². The quantitative estimate of drug-likeness (QED) is 0.798. The van der Waals surface area contributed by atoms with Crippen molar-refractivity contribution in [2.24, 2.45) is 0 Å². The monoisotopic (exact) mass is 357 g/mol. The van der Waals surface area contributed by atoms with E-state index >= 15 is 0 Å². The zero-order chi connectivity index (χ0) is 14.5. The Morgan fingerprint density at radius 3 is 2.60 bits per heavy atom. The summed E-state index contributed by atoms with van der Waals surface area (Å²) in [6, 6.07) is 9.86. The molecule has 0 bridgehead atoms. The van der Waals surface area contributed by atoms with Gasteiger partial charge in [-0.1, -0.05) is 24.6 Å². The van der Waals surface area contributed by atoms with Crippen LogP contribution >= 0.6 is 27.5 Å². The molecule has 0 aromatic heterocycles. The van der Waals surface area contributed by atoms with Crippen molar-refractivity contribution < 1.29 is 9.13 Å². The molecule has 106 valence electrons. The third-order valence-corrected chi connectivity index (χ3v) is 3.60. The lowest BCUT2D eigenvalue weighted by Gasteiger charge is -2.11. The van der Waals surface area contributed by atoms with Crippen LogP contribution in [-0.4, -0.2) is 6.54 Å². The van der Waals surface area contributed by atoms with Gasteiger partial charge in [0.1, 0.15) is 17.3 Å². The Hall–Kier alpha value is -1.10. The number of hydrogen-bond donors (Lipinski definition) is 1. The molecule has 2 aromatic rings. The molecular weight excluding hydrogens is 345 g/mol. The first-order valence-electron chi connectivity index (χ1n) is 6.22. The zero-order valence-electron chi connectivity index (χ0n) is 10.9. The maximum Gasteiger partial charge on any atom is 0.146 e. The number of nitrogens with one attached hydrogen (secondary N) is 1.